The van der Waals surface area contributed by atoms with Crippen molar-refractivity contribution in [1.82, 2.24) is 10.3 Å². The van der Waals surface area contributed by atoms with E-state index in [0.29, 0.717) is 11.9 Å². The normalized spacial score (nSPS) is 12.7. The zero-order chi connectivity index (χ0) is 10.4. The predicted octanol–water partition coefficient (Wildman–Crippen LogP) is 1.59. The maximum Gasteiger partial charge on any atom is 0.123 e. The van der Waals surface area contributed by atoms with E-state index in [-0.39, 0.29) is 0 Å². The number of aryl methyl sites for hydroxylation is 1. The van der Waals surface area contributed by atoms with Crippen molar-refractivity contribution in [2.24, 2.45) is 0 Å². The van der Waals surface area contributed by atoms with E-state index < -0.39 is 0 Å². The Morgan fingerprint density at radius 2 is 2.29 bits per heavy atom. The van der Waals surface area contributed by atoms with E-state index in [4.69, 9.17) is 5.73 Å². The first-order chi connectivity index (χ1) is 6.72. The number of rotatable bonds is 5. The number of pyridine rings is 1. The van der Waals surface area contributed by atoms with Crippen LogP contribution in [0.1, 0.15) is 25.8 Å². The first-order valence-corrected chi connectivity index (χ1v) is 5.16. The molecule has 1 aromatic rings. The third kappa shape index (κ3) is 3.75. The second kappa shape index (κ2) is 5.60. The number of anilines is 1. The number of aromatic nitrogens is 1. The van der Waals surface area contributed by atoms with Crippen LogP contribution in [0.25, 0.3) is 0 Å². The molecule has 0 aliphatic carbocycles. The molecule has 3 heteroatoms. The van der Waals surface area contributed by atoms with E-state index in [1.54, 1.807) is 0 Å². The molecule has 0 radical (unpaired) electrons. The summed E-state index contributed by atoms with van der Waals surface area (Å²) in [5.74, 6) is 0.591. The fourth-order valence-corrected chi connectivity index (χ4v) is 1.42. The Hall–Kier alpha value is -1.09. The van der Waals surface area contributed by atoms with Gasteiger partial charge in [-0.05, 0) is 37.9 Å². The zero-order valence-corrected chi connectivity index (χ0v) is 8.96. The summed E-state index contributed by atoms with van der Waals surface area (Å²) in [7, 11) is 0. The van der Waals surface area contributed by atoms with E-state index in [1.165, 1.54) is 5.56 Å². The lowest BCUT2D eigenvalue weighted by Crippen LogP contribution is -2.25. The highest BCUT2D eigenvalue weighted by Crippen LogP contribution is 2.05. The molecular formula is C11H19N3. The number of nitrogen functional groups attached to an aromatic ring is 1. The maximum atomic E-state index is 5.51. The van der Waals surface area contributed by atoms with Gasteiger partial charge in [0, 0.05) is 12.2 Å². The third-order valence-electron chi connectivity index (χ3n) is 2.27. The highest BCUT2D eigenvalue weighted by Gasteiger charge is 2.00. The average Bonchev–Trinajstić information content (AvgIpc) is 2.17. The molecule has 0 spiro atoms. The van der Waals surface area contributed by atoms with Crippen LogP contribution in [0.3, 0.4) is 0 Å². The largest absolute Gasteiger partial charge is 0.384 e. The van der Waals surface area contributed by atoms with Gasteiger partial charge < -0.3 is 11.1 Å². The van der Waals surface area contributed by atoms with E-state index in [9.17, 15) is 0 Å². The van der Waals surface area contributed by atoms with E-state index in [1.807, 2.05) is 18.3 Å². The number of nitrogens with two attached hydrogens (primary N) is 1. The molecule has 3 N–H and O–H groups in total. The van der Waals surface area contributed by atoms with Gasteiger partial charge in [0.15, 0.2) is 0 Å². The first kappa shape index (κ1) is 11.0. The SMILES string of the molecule is CCNC(C)CCc1ccc(N)nc1. The van der Waals surface area contributed by atoms with Crippen LogP contribution < -0.4 is 11.1 Å². The lowest BCUT2D eigenvalue weighted by molar-refractivity contribution is 0.530. The molecule has 0 aliphatic rings. The van der Waals surface area contributed by atoms with Crippen LogP contribution in [0.4, 0.5) is 5.82 Å². The van der Waals surface area contributed by atoms with Gasteiger partial charge in [-0.2, -0.15) is 0 Å². The lowest BCUT2D eigenvalue weighted by atomic mass is 10.1. The van der Waals surface area contributed by atoms with Crippen LogP contribution >= 0.6 is 0 Å². The summed E-state index contributed by atoms with van der Waals surface area (Å²) in [4.78, 5) is 4.06. The molecule has 0 amide bonds. The average molecular weight is 193 g/mol. The summed E-state index contributed by atoms with van der Waals surface area (Å²) in [5, 5.41) is 3.38. The zero-order valence-electron chi connectivity index (χ0n) is 8.96. The van der Waals surface area contributed by atoms with Crippen LogP contribution in [0.15, 0.2) is 18.3 Å². The molecule has 1 atom stereocenters. The fraction of sp³-hybridized carbons (Fsp3) is 0.545. The van der Waals surface area contributed by atoms with Gasteiger partial charge in [0.2, 0.25) is 0 Å². The molecule has 0 bridgehead atoms. The highest BCUT2D eigenvalue weighted by molar-refractivity contribution is 5.29. The van der Waals surface area contributed by atoms with Crippen LogP contribution in [0.2, 0.25) is 0 Å². The Kier molecular flexibility index (Phi) is 4.40. The monoisotopic (exact) mass is 193 g/mol. The molecule has 1 unspecified atom stereocenters. The Balaban J connectivity index is 2.34. The van der Waals surface area contributed by atoms with Crippen LogP contribution in [-0.2, 0) is 6.42 Å². The Morgan fingerprint density at radius 1 is 1.50 bits per heavy atom. The summed E-state index contributed by atoms with van der Waals surface area (Å²) in [6, 6.07) is 4.46. The number of hydrogen-bond donors (Lipinski definition) is 2. The summed E-state index contributed by atoms with van der Waals surface area (Å²) >= 11 is 0. The van der Waals surface area contributed by atoms with E-state index in [2.05, 4.69) is 24.1 Å². The standard InChI is InChI=1S/C11H19N3/c1-3-13-9(2)4-5-10-6-7-11(12)14-8-10/h6-9,13H,3-5H2,1-2H3,(H2,12,14). The molecule has 0 saturated heterocycles. The summed E-state index contributed by atoms with van der Waals surface area (Å²) in [6.07, 6.45) is 4.05. The second-order valence-electron chi connectivity index (χ2n) is 3.59. The molecule has 1 heterocycles. The molecule has 0 saturated carbocycles. The van der Waals surface area contributed by atoms with Crippen molar-refractivity contribution in [1.29, 1.82) is 0 Å². The predicted molar refractivity (Wildman–Crippen MR) is 60.1 cm³/mol. The van der Waals surface area contributed by atoms with Gasteiger partial charge in [0.05, 0.1) is 0 Å². The van der Waals surface area contributed by atoms with Gasteiger partial charge in [-0.25, -0.2) is 4.98 Å². The molecular weight excluding hydrogens is 174 g/mol. The molecule has 78 valence electrons. The van der Waals surface area contributed by atoms with E-state index in [0.717, 1.165) is 19.4 Å². The summed E-state index contributed by atoms with van der Waals surface area (Å²) < 4.78 is 0. The minimum absolute atomic E-state index is 0.567. The Morgan fingerprint density at radius 3 is 2.86 bits per heavy atom. The minimum atomic E-state index is 0.567. The summed E-state index contributed by atoms with van der Waals surface area (Å²) in [5.41, 5.74) is 6.76. The lowest BCUT2D eigenvalue weighted by Gasteiger charge is -2.11. The number of nitrogens with zero attached hydrogens (tertiary/aromatic N) is 1. The van der Waals surface area contributed by atoms with Crippen molar-refractivity contribution in [3.63, 3.8) is 0 Å². The van der Waals surface area contributed by atoms with Crippen LogP contribution in [0, 0.1) is 0 Å². The van der Waals surface area contributed by atoms with Crippen molar-refractivity contribution in [3.05, 3.63) is 23.9 Å². The van der Waals surface area contributed by atoms with Crippen molar-refractivity contribution in [2.45, 2.75) is 32.7 Å². The molecule has 14 heavy (non-hydrogen) atoms. The van der Waals surface area contributed by atoms with Gasteiger partial charge in [-0.3, -0.25) is 0 Å². The maximum absolute atomic E-state index is 5.51. The van der Waals surface area contributed by atoms with Crippen LogP contribution in [0.5, 0.6) is 0 Å². The third-order valence-corrected chi connectivity index (χ3v) is 2.27. The topological polar surface area (TPSA) is 50.9 Å². The summed E-state index contributed by atoms with van der Waals surface area (Å²) in [6.45, 7) is 5.36. The molecule has 1 aromatic heterocycles. The highest BCUT2D eigenvalue weighted by atomic mass is 14.9. The number of hydrogen-bond acceptors (Lipinski definition) is 3. The van der Waals surface area contributed by atoms with Gasteiger partial charge in [-0.1, -0.05) is 13.0 Å². The molecule has 3 nitrogen and oxygen atoms in total. The fourth-order valence-electron chi connectivity index (χ4n) is 1.42. The van der Waals surface area contributed by atoms with E-state index >= 15 is 0 Å². The number of nitrogens with one attached hydrogen (secondary N) is 1. The quantitative estimate of drug-likeness (QED) is 0.746. The van der Waals surface area contributed by atoms with Crippen LogP contribution in [-0.4, -0.2) is 17.6 Å². The van der Waals surface area contributed by atoms with Gasteiger partial charge in [-0.15, -0.1) is 0 Å². The van der Waals surface area contributed by atoms with Gasteiger partial charge in [0.25, 0.3) is 0 Å². The Labute approximate surface area is 85.7 Å². The van der Waals surface area contributed by atoms with Crippen molar-refractivity contribution in [3.8, 4) is 0 Å². The molecule has 0 aromatic carbocycles. The van der Waals surface area contributed by atoms with Crippen molar-refractivity contribution in [2.75, 3.05) is 12.3 Å². The smallest absolute Gasteiger partial charge is 0.123 e. The van der Waals surface area contributed by atoms with Crippen molar-refractivity contribution >= 4 is 5.82 Å². The molecule has 0 aliphatic heterocycles. The first-order valence-electron chi connectivity index (χ1n) is 5.16. The molecule has 0 fully saturated rings. The van der Waals surface area contributed by atoms with Gasteiger partial charge >= 0.3 is 0 Å². The van der Waals surface area contributed by atoms with Gasteiger partial charge in [0.1, 0.15) is 5.82 Å². The second-order valence-corrected chi connectivity index (χ2v) is 3.59. The molecule has 1 rings (SSSR count). The van der Waals surface area contributed by atoms with Crippen molar-refractivity contribution < 1.29 is 0 Å². The minimum Gasteiger partial charge on any atom is -0.384 e. The Bertz CT molecular complexity index is 256.